The summed E-state index contributed by atoms with van der Waals surface area (Å²) in [5, 5.41) is 18.9. The Kier molecular flexibility index (Phi) is 6.37. The first-order chi connectivity index (χ1) is 11.4. The number of carbonyl (C=O) groups is 1. The van der Waals surface area contributed by atoms with E-state index in [2.05, 4.69) is 6.92 Å². The number of unbranched alkanes of at least 4 members (excludes halogenated alkanes) is 2. The molecule has 134 valence electrons. The number of aliphatic hydroxyl groups is 1. The number of sulfonamides is 1. The summed E-state index contributed by atoms with van der Waals surface area (Å²) in [6.45, 7) is 2.07. The molecule has 1 aromatic rings. The van der Waals surface area contributed by atoms with Crippen LogP contribution in [0.3, 0.4) is 0 Å². The van der Waals surface area contributed by atoms with Crippen molar-refractivity contribution in [2.45, 2.75) is 50.0 Å². The highest BCUT2D eigenvalue weighted by Crippen LogP contribution is 2.24. The molecule has 1 heterocycles. The van der Waals surface area contributed by atoms with Crippen LogP contribution >= 0.6 is 0 Å². The van der Waals surface area contributed by atoms with E-state index < -0.39 is 28.0 Å². The average Bonchev–Trinajstić information content (AvgIpc) is 2.55. The Balaban J connectivity index is 2.10. The molecule has 0 aliphatic carbocycles. The van der Waals surface area contributed by atoms with Crippen molar-refractivity contribution in [2.75, 3.05) is 13.1 Å². The van der Waals surface area contributed by atoms with Crippen LogP contribution in [0.5, 0.6) is 0 Å². The summed E-state index contributed by atoms with van der Waals surface area (Å²) in [7, 11) is -3.73. The minimum Gasteiger partial charge on any atom is -0.481 e. The van der Waals surface area contributed by atoms with Crippen LogP contribution in [0.4, 0.5) is 0 Å². The zero-order valence-electron chi connectivity index (χ0n) is 13.9. The molecule has 0 bridgehead atoms. The lowest BCUT2D eigenvalue weighted by molar-refractivity contribution is -0.147. The molecule has 0 unspecified atom stereocenters. The molecule has 1 aromatic carbocycles. The number of piperidine rings is 1. The molecule has 0 saturated carbocycles. The lowest BCUT2D eigenvalue weighted by Crippen LogP contribution is -2.48. The third-order valence-corrected chi connectivity index (χ3v) is 6.37. The summed E-state index contributed by atoms with van der Waals surface area (Å²) in [4.78, 5) is 11.3. The summed E-state index contributed by atoms with van der Waals surface area (Å²) in [5.41, 5.74) is 1.10. The van der Waals surface area contributed by atoms with E-state index in [9.17, 15) is 18.3 Å². The summed E-state index contributed by atoms with van der Waals surface area (Å²) in [5.74, 6) is -2.25. The van der Waals surface area contributed by atoms with Crippen molar-refractivity contribution < 1.29 is 23.4 Å². The van der Waals surface area contributed by atoms with Crippen LogP contribution < -0.4 is 0 Å². The van der Waals surface area contributed by atoms with Crippen molar-refractivity contribution in [3.05, 3.63) is 29.8 Å². The monoisotopic (exact) mass is 355 g/mol. The minimum absolute atomic E-state index is 0.130. The Morgan fingerprint density at radius 3 is 2.50 bits per heavy atom. The van der Waals surface area contributed by atoms with Gasteiger partial charge in [-0.15, -0.1) is 0 Å². The number of aliphatic hydroxyl groups excluding tert-OH is 1. The van der Waals surface area contributed by atoms with E-state index in [1.165, 1.54) is 0 Å². The molecule has 1 aliphatic heterocycles. The van der Waals surface area contributed by atoms with E-state index in [4.69, 9.17) is 5.11 Å². The molecule has 0 radical (unpaired) electrons. The highest BCUT2D eigenvalue weighted by molar-refractivity contribution is 7.89. The maximum absolute atomic E-state index is 12.7. The fourth-order valence-electron chi connectivity index (χ4n) is 2.93. The number of carboxylic acids is 1. The van der Waals surface area contributed by atoms with E-state index in [1.807, 2.05) is 12.1 Å². The first-order valence-electron chi connectivity index (χ1n) is 8.36. The summed E-state index contributed by atoms with van der Waals surface area (Å²) in [6.07, 6.45) is 3.41. The lowest BCUT2D eigenvalue weighted by Gasteiger charge is -2.33. The van der Waals surface area contributed by atoms with Gasteiger partial charge in [0.2, 0.25) is 10.0 Å². The quantitative estimate of drug-likeness (QED) is 0.728. The van der Waals surface area contributed by atoms with Crippen molar-refractivity contribution in [3.63, 3.8) is 0 Å². The predicted molar refractivity (Wildman–Crippen MR) is 90.2 cm³/mol. The van der Waals surface area contributed by atoms with Crippen molar-refractivity contribution in [2.24, 2.45) is 5.92 Å². The molecule has 0 aromatic heterocycles. The van der Waals surface area contributed by atoms with E-state index in [0.29, 0.717) is 0 Å². The lowest BCUT2D eigenvalue weighted by atomic mass is 9.96. The smallest absolute Gasteiger partial charge is 0.310 e. The summed E-state index contributed by atoms with van der Waals surface area (Å²) < 4.78 is 26.5. The second-order valence-electron chi connectivity index (χ2n) is 6.26. The topological polar surface area (TPSA) is 94.9 Å². The van der Waals surface area contributed by atoms with Crippen LogP contribution in [0.15, 0.2) is 29.2 Å². The second kappa shape index (κ2) is 8.09. The number of hydrogen-bond donors (Lipinski definition) is 2. The number of rotatable bonds is 7. The zero-order valence-corrected chi connectivity index (χ0v) is 14.7. The van der Waals surface area contributed by atoms with Crippen molar-refractivity contribution in [1.29, 1.82) is 0 Å². The largest absolute Gasteiger partial charge is 0.481 e. The van der Waals surface area contributed by atoms with Crippen LogP contribution in [0.25, 0.3) is 0 Å². The van der Waals surface area contributed by atoms with Crippen LogP contribution in [-0.2, 0) is 21.2 Å². The number of carboxylic acid groups (broad SMARTS) is 1. The molecule has 0 spiro atoms. The van der Waals surface area contributed by atoms with Gasteiger partial charge in [-0.25, -0.2) is 8.42 Å². The Bertz CT molecular complexity index is 656. The standard InChI is InChI=1S/C17H25NO5S/c1-2-3-4-5-13-6-8-14(9-7-13)24(22,23)18-11-10-16(19)15(12-18)17(20)21/h6-9,15-16,19H,2-5,10-12H2,1H3,(H,20,21)/t15-,16-/m0/s1. The first-order valence-corrected chi connectivity index (χ1v) is 9.80. The minimum atomic E-state index is -3.73. The molecular formula is C17H25NO5S. The van der Waals surface area contributed by atoms with Gasteiger partial charge in [-0.2, -0.15) is 4.31 Å². The molecule has 2 atom stereocenters. The Hall–Kier alpha value is -1.44. The molecule has 1 saturated heterocycles. The molecule has 6 nitrogen and oxygen atoms in total. The highest BCUT2D eigenvalue weighted by Gasteiger charge is 2.38. The molecular weight excluding hydrogens is 330 g/mol. The van der Waals surface area contributed by atoms with Gasteiger partial charge in [-0.05, 0) is 37.0 Å². The fraction of sp³-hybridized carbons (Fsp3) is 0.588. The van der Waals surface area contributed by atoms with E-state index in [0.717, 1.165) is 35.6 Å². The number of hydrogen-bond acceptors (Lipinski definition) is 4. The van der Waals surface area contributed by atoms with Gasteiger partial charge in [0.05, 0.1) is 16.9 Å². The van der Waals surface area contributed by atoms with Gasteiger partial charge in [-0.3, -0.25) is 4.79 Å². The third kappa shape index (κ3) is 4.34. The van der Waals surface area contributed by atoms with Gasteiger partial charge < -0.3 is 10.2 Å². The van der Waals surface area contributed by atoms with Gasteiger partial charge >= 0.3 is 5.97 Å². The fourth-order valence-corrected chi connectivity index (χ4v) is 4.41. The summed E-state index contributed by atoms with van der Waals surface area (Å²) >= 11 is 0. The molecule has 0 amide bonds. The second-order valence-corrected chi connectivity index (χ2v) is 8.20. The summed E-state index contributed by atoms with van der Waals surface area (Å²) in [6, 6.07) is 6.79. The number of aliphatic carboxylic acids is 1. The Morgan fingerprint density at radius 2 is 1.92 bits per heavy atom. The van der Waals surface area contributed by atoms with Crippen molar-refractivity contribution in [1.82, 2.24) is 4.31 Å². The predicted octanol–water partition coefficient (Wildman–Crippen LogP) is 1.88. The van der Waals surface area contributed by atoms with Crippen LogP contribution in [-0.4, -0.2) is 48.1 Å². The first kappa shape index (κ1) is 18.9. The van der Waals surface area contributed by atoms with Crippen molar-refractivity contribution >= 4 is 16.0 Å². The third-order valence-electron chi connectivity index (χ3n) is 4.49. The number of benzene rings is 1. The Morgan fingerprint density at radius 1 is 1.25 bits per heavy atom. The van der Waals surface area contributed by atoms with E-state index in [1.54, 1.807) is 12.1 Å². The molecule has 1 aliphatic rings. The SMILES string of the molecule is CCCCCc1ccc(S(=O)(=O)N2CC[C@H](O)[C@@H](C(=O)O)C2)cc1. The van der Waals surface area contributed by atoms with Crippen LogP contribution in [0, 0.1) is 5.92 Å². The van der Waals surface area contributed by atoms with Gasteiger partial charge in [0.1, 0.15) is 0 Å². The zero-order chi connectivity index (χ0) is 17.7. The molecule has 2 rings (SSSR count). The van der Waals surface area contributed by atoms with Gasteiger partial charge in [0.25, 0.3) is 0 Å². The van der Waals surface area contributed by atoms with Gasteiger partial charge in [0, 0.05) is 13.1 Å². The molecule has 24 heavy (non-hydrogen) atoms. The van der Waals surface area contributed by atoms with Crippen LogP contribution in [0.2, 0.25) is 0 Å². The highest BCUT2D eigenvalue weighted by atomic mass is 32.2. The number of aryl methyl sites for hydroxylation is 1. The maximum Gasteiger partial charge on any atom is 0.310 e. The van der Waals surface area contributed by atoms with E-state index >= 15 is 0 Å². The van der Waals surface area contributed by atoms with Gasteiger partial charge in [0.15, 0.2) is 0 Å². The molecule has 7 heteroatoms. The number of nitrogens with zero attached hydrogens (tertiary/aromatic N) is 1. The Labute approximate surface area is 143 Å². The maximum atomic E-state index is 12.7. The van der Waals surface area contributed by atoms with Crippen LogP contribution in [0.1, 0.15) is 38.2 Å². The average molecular weight is 355 g/mol. The van der Waals surface area contributed by atoms with Crippen molar-refractivity contribution in [3.8, 4) is 0 Å². The molecule has 2 N–H and O–H groups in total. The molecule has 1 fully saturated rings. The van der Waals surface area contributed by atoms with E-state index in [-0.39, 0.29) is 24.4 Å². The normalized spacial score (nSPS) is 22.4. The van der Waals surface area contributed by atoms with Gasteiger partial charge in [-0.1, -0.05) is 31.9 Å².